The van der Waals surface area contributed by atoms with Gasteiger partial charge in [0.2, 0.25) is 15.6 Å². The Hall–Kier alpha value is -1.99. The summed E-state index contributed by atoms with van der Waals surface area (Å²) in [6.45, 7) is 1.70. The molecular weight excluding hydrogens is 266 g/mol. The van der Waals surface area contributed by atoms with Gasteiger partial charge in [-0.1, -0.05) is 6.07 Å². The van der Waals surface area contributed by atoms with E-state index >= 15 is 0 Å². The third-order valence-electron chi connectivity index (χ3n) is 2.53. The van der Waals surface area contributed by atoms with Gasteiger partial charge in [0.1, 0.15) is 0 Å². The molecule has 0 aromatic carbocycles. The predicted octanol–water partition coefficient (Wildman–Crippen LogP) is 0.809. The second-order valence-corrected chi connectivity index (χ2v) is 5.70. The quantitative estimate of drug-likeness (QED) is 0.866. The Morgan fingerprint density at radius 2 is 2.05 bits per heavy atom. The first-order valence-corrected chi connectivity index (χ1v) is 7.09. The molecule has 0 aliphatic carbocycles. The molecule has 0 saturated carbocycles. The minimum absolute atomic E-state index is 0.00915. The number of nitrogens with one attached hydrogen (secondary N) is 2. The fourth-order valence-electron chi connectivity index (χ4n) is 1.56. The van der Waals surface area contributed by atoms with Crippen LogP contribution in [0.2, 0.25) is 0 Å². The second-order valence-electron chi connectivity index (χ2n) is 3.99. The molecule has 2 heterocycles. The normalized spacial score (nSPS) is 13.1. The maximum atomic E-state index is 12.1. The number of hydrogen-bond acceptors (Lipinski definition) is 4. The van der Waals surface area contributed by atoms with E-state index in [9.17, 15) is 13.2 Å². The number of H-pyrrole nitrogens is 1. The fraction of sp³-hybridized carbons (Fsp3) is 0.167. The summed E-state index contributed by atoms with van der Waals surface area (Å²) in [6.07, 6.45) is 2.76. The summed E-state index contributed by atoms with van der Waals surface area (Å²) in [6, 6.07) is 7.24. The van der Waals surface area contributed by atoms with Crippen molar-refractivity contribution >= 4 is 10.0 Å². The lowest BCUT2D eigenvalue weighted by Crippen LogP contribution is -2.27. The Kier molecular flexibility index (Phi) is 3.77. The first-order valence-electron chi connectivity index (χ1n) is 5.61. The highest BCUT2D eigenvalue weighted by Crippen LogP contribution is 2.13. The van der Waals surface area contributed by atoms with Crippen molar-refractivity contribution in [1.82, 2.24) is 14.7 Å². The molecule has 19 heavy (non-hydrogen) atoms. The molecule has 2 N–H and O–H groups in total. The number of aromatic nitrogens is 2. The summed E-state index contributed by atoms with van der Waals surface area (Å²) in [5, 5.41) is 0. The van der Waals surface area contributed by atoms with E-state index in [-0.39, 0.29) is 10.5 Å². The highest BCUT2D eigenvalue weighted by molar-refractivity contribution is 7.89. The molecule has 2 aromatic heterocycles. The Morgan fingerprint density at radius 3 is 2.63 bits per heavy atom. The van der Waals surface area contributed by atoms with Crippen molar-refractivity contribution < 1.29 is 8.42 Å². The maximum absolute atomic E-state index is 12.1. The van der Waals surface area contributed by atoms with Crippen LogP contribution in [-0.4, -0.2) is 18.4 Å². The zero-order chi connectivity index (χ0) is 13.9. The SMILES string of the molecule is CC(NS(=O)(=O)c1ccc(=O)[nH]c1)c1ccccn1. The predicted molar refractivity (Wildman–Crippen MR) is 70.0 cm³/mol. The van der Waals surface area contributed by atoms with E-state index in [1.807, 2.05) is 0 Å². The molecule has 0 amide bonds. The van der Waals surface area contributed by atoms with E-state index in [2.05, 4.69) is 14.7 Å². The highest BCUT2D eigenvalue weighted by atomic mass is 32.2. The van der Waals surface area contributed by atoms with Gasteiger partial charge in [-0.2, -0.15) is 0 Å². The Bertz CT molecular complexity index is 690. The van der Waals surface area contributed by atoms with Gasteiger partial charge in [-0.15, -0.1) is 0 Å². The van der Waals surface area contributed by atoms with Crippen molar-refractivity contribution in [2.24, 2.45) is 0 Å². The van der Waals surface area contributed by atoms with Crippen LogP contribution in [0.25, 0.3) is 0 Å². The van der Waals surface area contributed by atoms with Gasteiger partial charge >= 0.3 is 0 Å². The first-order chi connectivity index (χ1) is 8.99. The van der Waals surface area contributed by atoms with Crippen LogP contribution in [0.4, 0.5) is 0 Å². The van der Waals surface area contributed by atoms with E-state index in [1.54, 1.807) is 31.3 Å². The van der Waals surface area contributed by atoms with E-state index in [4.69, 9.17) is 0 Å². The van der Waals surface area contributed by atoms with E-state index < -0.39 is 16.1 Å². The number of hydrogen-bond donors (Lipinski definition) is 2. The molecular formula is C12H13N3O3S. The molecule has 0 saturated heterocycles. The summed E-state index contributed by atoms with van der Waals surface area (Å²) < 4.78 is 26.6. The van der Waals surface area contributed by atoms with Crippen LogP contribution in [0.3, 0.4) is 0 Å². The molecule has 0 spiro atoms. The van der Waals surface area contributed by atoms with E-state index in [0.29, 0.717) is 5.69 Å². The molecule has 2 aromatic rings. The molecule has 0 bridgehead atoms. The van der Waals surface area contributed by atoms with E-state index in [1.165, 1.54) is 12.1 Å². The molecule has 0 fully saturated rings. The van der Waals surface area contributed by atoms with Gasteiger partial charge in [-0.25, -0.2) is 13.1 Å². The minimum Gasteiger partial charge on any atom is -0.328 e. The van der Waals surface area contributed by atoms with Gasteiger partial charge in [0.25, 0.3) is 0 Å². The topological polar surface area (TPSA) is 91.9 Å². The lowest BCUT2D eigenvalue weighted by atomic mass is 10.2. The summed E-state index contributed by atoms with van der Waals surface area (Å²) in [5.41, 5.74) is 0.271. The maximum Gasteiger partial charge on any atom is 0.247 e. The molecule has 2 rings (SSSR count). The molecule has 7 heteroatoms. The zero-order valence-corrected chi connectivity index (χ0v) is 11.0. The van der Waals surface area contributed by atoms with Crippen LogP contribution in [0.1, 0.15) is 18.7 Å². The summed E-state index contributed by atoms with van der Waals surface area (Å²) in [5.74, 6) is 0. The van der Waals surface area contributed by atoms with Crippen LogP contribution >= 0.6 is 0 Å². The smallest absolute Gasteiger partial charge is 0.247 e. The molecule has 1 unspecified atom stereocenters. The molecule has 100 valence electrons. The van der Waals surface area contributed by atoms with Gasteiger partial charge in [0, 0.05) is 18.5 Å². The van der Waals surface area contributed by atoms with Gasteiger partial charge in [-0.3, -0.25) is 9.78 Å². The molecule has 1 atom stereocenters. The lowest BCUT2D eigenvalue weighted by molar-refractivity contribution is 0.563. The standard InChI is InChI=1S/C12H13N3O3S/c1-9(11-4-2-3-7-13-11)15-19(17,18)10-5-6-12(16)14-8-10/h2-9,15H,1H3,(H,14,16). The van der Waals surface area contributed by atoms with Gasteiger partial charge in [0.05, 0.1) is 16.6 Å². The van der Waals surface area contributed by atoms with Gasteiger partial charge in [-0.05, 0) is 25.1 Å². The average molecular weight is 279 g/mol. The third-order valence-corrected chi connectivity index (χ3v) is 4.07. The number of nitrogens with zero attached hydrogens (tertiary/aromatic N) is 1. The van der Waals surface area contributed by atoms with Crippen molar-refractivity contribution in [2.45, 2.75) is 17.9 Å². The Balaban J connectivity index is 2.22. The summed E-state index contributed by atoms with van der Waals surface area (Å²) in [7, 11) is -3.68. The molecule has 0 aliphatic heterocycles. The van der Waals surface area contributed by atoms with Crippen LogP contribution in [0.5, 0.6) is 0 Å². The lowest BCUT2D eigenvalue weighted by Gasteiger charge is -2.13. The zero-order valence-electron chi connectivity index (χ0n) is 10.2. The largest absolute Gasteiger partial charge is 0.328 e. The van der Waals surface area contributed by atoms with Crippen molar-refractivity contribution in [3.05, 3.63) is 58.8 Å². The second kappa shape index (κ2) is 5.33. The number of aromatic amines is 1. The Labute approximate surface area is 110 Å². The van der Waals surface area contributed by atoms with Crippen LogP contribution in [0.15, 0.2) is 52.4 Å². The number of sulfonamides is 1. The molecule has 6 nitrogen and oxygen atoms in total. The van der Waals surface area contributed by atoms with Gasteiger partial charge < -0.3 is 4.98 Å². The highest BCUT2D eigenvalue weighted by Gasteiger charge is 2.18. The van der Waals surface area contributed by atoms with Crippen molar-refractivity contribution in [3.63, 3.8) is 0 Å². The van der Waals surface area contributed by atoms with E-state index in [0.717, 1.165) is 6.20 Å². The third kappa shape index (κ3) is 3.27. The molecule has 0 radical (unpaired) electrons. The van der Waals surface area contributed by atoms with Gasteiger partial charge in [0.15, 0.2) is 0 Å². The number of rotatable bonds is 4. The molecule has 0 aliphatic rings. The summed E-state index contributed by atoms with van der Waals surface area (Å²) >= 11 is 0. The monoisotopic (exact) mass is 279 g/mol. The van der Waals surface area contributed by atoms with Crippen molar-refractivity contribution in [2.75, 3.05) is 0 Å². The van der Waals surface area contributed by atoms with Crippen molar-refractivity contribution in [1.29, 1.82) is 0 Å². The van der Waals surface area contributed by atoms with Crippen LogP contribution < -0.4 is 10.3 Å². The Morgan fingerprint density at radius 1 is 1.26 bits per heavy atom. The van der Waals surface area contributed by atoms with Crippen molar-refractivity contribution in [3.8, 4) is 0 Å². The first kappa shape index (κ1) is 13.4. The van der Waals surface area contributed by atoms with Crippen LogP contribution in [-0.2, 0) is 10.0 Å². The number of pyridine rings is 2. The summed E-state index contributed by atoms with van der Waals surface area (Å²) in [4.78, 5) is 17.3. The van der Waals surface area contributed by atoms with Crippen LogP contribution in [0, 0.1) is 0 Å². The fourth-order valence-corrected chi connectivity index (χ4v) is 2.74. The minimum atomic E-state index is -3.68. The average Bonchev–Trinajstić information content (AvgIpc) is 2.40.